The molecule has 0 N–H and O–H groups in total. The van der Waals surface area contributed by atoms with E-state index in [1.54, 1.807) is 6.33 Å². The van der Waals surface area contributed by atoms with Gasteiger partial charge in [0.25, 0.3) is 0 Å². The second kappa shape index (κ2) is 4.61. The van der Waals surface area contributed by atoms with Crippen molar-refractivity contribution in [3.63, 3.8) is 0 Å². The van der Waals surface area contributed by atoms with E-state index in [0.717, 1.165) is 31.6 Å². The van der Waals surface area contributed by atoms with E-state index in [4.69, 9.17) is 4.74 Å². The number of fused-ring (bicyclic) bond motifs is 2. The van der Waals surface area contributed by atoms with Crippen LogP contribution in [0.3, 0.4) is 0 Å². The van der Waals surface area contributed by atoms with Crippen LogP contribution in [0.1, 0.15) is 38.9 Å². The zero-order valence-corrected chi connectivity index (χ0v) is 11.5. The lowest BCUT2D eigenvalue weighted by Gasteiger charge is -2.27. The van der Waals surface area contributed by atoms with Crippen molar-refractivity contribution in [2.45, 2.75) is 58.3 Å². The smallest absolute Gasteiger partial charge is 0.138 e. The molecule has 5 nitrogen and oxygen atoms in total. The molecule has 2 aliphatic heterocycles. The number of nitriles is 1. The van der Waals surface area contributed by atoms with Gasteiger partial charge in [-0.2, -0.15) is 10.4 Å². The van der Waals surface area contributed by atoms with E-state index in [0.29, 0.717) is 12.3 Å². The monoisotopic (exact) mass is 260 g/mol. The Labute approximate surface area is 113 Å². The zero-order valence-electron chi connectivity index (χ0n) is 11.5. The van der Waals surface area contributed by atoms with E-state index < -0.39 is 0 Å². The summed E-state index contributed by atoms with van der Waals surface area (Å²) < 4.78 is 7.81. The minimum absolute atomic E-state index is 0.0895. The molecule has 2 fully saturated rings. The van der Waals surface area contributed by atoms with Crippen molar-refractivity contribution in [2.75, 3.05) is 0 Å². The molecule has 0 aliphatic carbocycles. The standard InChI is InChI=1S/C14H20N4O/c1-10(2)7-18-13(16-9-17-18)6-14(8-15)5-11-3-4-12(14)19-11/h9-12H,3-7H2,1-2H3. The van der Waals surface area contributed by atoms with Gasteiger partial charge in [0.05, 0.1) is 23.7 Å². The predicted octanol–water partition coefficient (Wildman–Crippen LogP) is 1.94. The Morgan fingerprint density at radius 3 is 3.00 bits per heavy atom. The van der Waals surface area contributed by atoms with E-state index in [1.807, 2.05) is 4.68 Å². The molecule has 1 aromatic heterocycles. The summed E-state index contributed by atoms with van der Waals surface area (Å²) in [7, 11) is 0. The van der Waals surface area contributed by atoms with E-state index >= 15 is 0 Å². The Hall–Kier alpha value is -1.41. The molecule has 3 heterocycles. The molecular weight excluding hydrogens is 240 g/mol. The van der Waals surface area contributed by atoms with Crippen molar-refractivity contribution >= 4 is 0 Å². The molecule has 0 aromatic carbocycles. The molecular formula is C14H20N4O. The van der Waals surface area contributed by atoms with Gasteiger partial charge in [-0.15, -0.1) is 0 Å². The van der Waals surface area contributed by atoms with Crippen molar-refractivity contribution in [2.24, 2.45) is 11.3 Å². The van der Waals surface area contributed by atoms with Gasteiger partial charge < -0.3 is 4.74 Å². The average molecular weight is 260 g/mol. The minimum Gasteiger partial charge on any atom is -0.373 e. The molecule has 1 aromatic rings. The fourth-order valence-corrected chi connectivity index (χ4v) is 3.35. The van der Waals surface area contributed by atoms with E-state index in [2.05, 4.69) is 30.0 Å². The third kappa shape index (κ3) is 2.14. The average Bonchev–Trinajstić information content (AvgIpc) is 3.06. The second-order valence-electron chi connectivity index (χ2n) is 6.23. The van der Waals surface area contributed by atoms with Crippen LogP contribution in [-0.2, 0) is 17.7 Å². The Balaban J connectivity index is 1.81. The second-order valence-corrected chi connectivity index (χ2v) is 6.23. The molecule has 19 heavy (non-hydrogen) atoms. The van der Waals surface area contributed by atoms with Gasteiger partial charge in [0, 0.05) is 13.0 Å². The van der Waals surface area contributed by atoms with Crippen LogP contribution in [-0.4, -0.2) is 27.0 Å². The quantitative estimate of drug-likeness (QED) is 0.830. The highest BCUT2D eigenvalue weighted by Crippen LogP contribution is 2.48. The lowest BCUT2D eigenvalue weighted by Crippen LogP contribution is -2.34. The Bertz CT molecular complexity index is 504. The number of aromatic nitrogens is 3. The van der Waals surface area contributed by atoms with Crippen molar-refractivity contribution < 1.29 is 4.74 Å². The van der Waals surface area contributed by atoms with Crippen LogP contribution in [0.2, 0.25) is 0 Å². The highest BCUT2D eigenvalue weighted by molar-refractivity contribution is 5.15. The SMILES string of the molecule is CC(C)Cn1ncnc1CC1(C#N)CC2CCC1O2. The third-order valence-electron chi connectivity index (χ3n) is 4.25. The minimum atomic E-state index is -0.384. The van der Waals surface area contributed by atoms with Crippen molar-refractivity contribution in [1.82, 2.24) is 14.8 Å². The Morgan fingerprint density at radius 2 is 2.42 bits per heavy atom. The van der Waals surface area contributed by atoms with Gasteiger partial charge in [-0.1, -0.05) is 13.8 Å². The summed E-state index contributed by atoms with van der Waals surface area (Å²) in [6.45, 7) is 5.17. The molecule has 3 rings (SSSR count). The highest BCUT2D eigenvalue weighted by Gasteiger charge is 2.53. The lowest BCUT2D eigenvalue weighted by molar-refractivity contribution is 0.0778. The topological polar surface area (TPSA) is 63.7 Å². The maximum atomic E-state index is 9.62. The van der Waals surface area contributed by atoms with Gasteiger partial charge in [-0.3, -0.25) is 0 Å². The predicted molar refractivity (Wildman–Crippen MR) is 69.1 cm³/mol. The first-order valence-electron chi connectivity index (χ1n) is 7.06. The summed E-state index contributed by atoms with van der Waals surface area (Å²) >= 11 is 0. The molecule has 3 unspecified atom stereocenters. The van der Waals surface area contributed by atoms with Crippen LogP contribution in [0, 0.1) is 22.7 Å². The molecule has 0 radical (unpaired) electrons. The molecule has 5 heteroatoms. The van der Waals surface area contributed by atoms with Crippen LogP contribution in [0.5, 0.6) is 0 Å². The summed E-state index contributed by atoms with van der Waals surface area (Å²) in [5, 5.41) is 13.9. The van der Waals surface area contributed by atoms with Gasteiger partial charge in [-0.05, 0) is 25.2 Å². The first kappa shape index (κ1) is 12.6. The maximum absolute atomic E-state index is 9.62. The first-order valence-corrected chi connectivity index (χ1v) is 7.06. The van der Waals surface area contributed by atoms with Gasteiger partial charge in [0.2, 0.25) is 0 Å². The highest BCUT2D eigenvalue weighted by atomic mass is 16.5. The summed E-state index contributed by atoms with van der Waals surface area (Å²) in [6.07, 6.45) is 5.60. The first-order chi connectivity index (χ1) is 9.13. The van der Waals surface area contributed by atoms with Crippen LogP contribution in [0.15, 0.2) is 6.33 Å². The summed E-state index contributed by atoms with van der Waals surface area (Å²) in [6, 6.07) is 2.52. The van der Waals surface area contributed by atoms with Crippen molar-refractivity contribution in [3.8, 4) is 6.07 Å². The molecule has 2 aliphatic rings. The molecule has 102 valence electrons. The van der Waals surface area contributed by atoms with Gasteiger partial charge >= 0.3 is 0 Å². The lowest BCUT2D eigenvalue weighted by atomic mass is 9.72. The van der Waals surface area contributed by atoms with Crippen molar-refractivity contribution in [3.05, 3.63) is 12.2 Å². The Kier molecular flexibility index (Phi) is 3.06. The zero-order chi connectivity index (χ0) is 13.5. The number of ether oxygens (including phenoxy) is 1. The molecule has 0 amide bonds. The fraction of sp³-hybridized carbons (Fsp3) is 0.786. The van der Waals surface area contributed by atoms with E-state index in [1.165, 1.54) is 0 Å². The molecule has 2 bridgehead atoms. The van der Waals surface area contributed by atoms with Crippen LogP contribution in [0.4, 0.5) is 0 Å². The number of nitrogens with zero attached hydrogens (tertiary/aromatic N) is 4. The summed E-state index contributed by atoms with van der Waals surface area (Å²) in [5.74, 6) is 1.45. The van der Waals surface area contributed by atoms with Crippen LogP contribution < -0.4 is 0 Å². The molecule has 0 spiro atoms. The summed E-state index contributed by atoms with van der Waals surface area (Å²) in [4.78, 5) is 4.35. The normalized spacial score (nSPS) is 32.9. The number of hydrogen-bond donors (Lipinski definition) is 0. The molecule has 2 saturated heterocycles. The van der Waals surface area contributed by atoms with Crippen LogP contribution in [0.25, 0.3) is 0 Å². The van der Waals surface area contributed by atoms with Gasteiger partial charge in [0.15, 0.2) is 0 Å². The van der Waals surface area contributed by atoms with E-state index in [-0.39, 0.29) is 17.6 Å². The largest absolute Gasteiger partial charge is 0.373 e. The third-order valence-corrected chi connectivity index (χ3v) is 4.25. The molecule has 0 saturated carbocycles. The van der Waals surface area contributed by atoms with Gasteiger partial charge in [0.1, 0.15) is 12.2 Å². The maximum Gasteiger partial charge on any atom is 0.138 e. The Morgan fingerprint density at radius 1 is 1.58 bits per heavy atom. The van der Waals surface area contributed by atoms with Gasteiger partial charge in [-0.25, -0.2) is 9.67 Å². The van der Waals surface area contributed by atoms with Crippen molar-refractivity contribution in [1.29, 1.82) is 5.26 Å². The van der Waals surface area contributed by atoms with E-state index in [9.17, 15) is 5.26 Å². The molecule has 3 atom stereocenters. The summed E-state index contributed by atoms with van der Waals surface area (Å²) in [5.41, 5.74) is -0.384. The number of hydrogen-bond acceptors (Lipinski definition) is 4. The fourth-order valence-electron chi connectivity index (χ4n) is 3.35. The number of rotatable bonds is 4. The van der Waals surface area contributed by atoms with Crippen LogP contribution >= 0.6 is 0 Å².